The van der Waals surface area contributed by atoms with Crippen LogP contribution in [0.3, 0.4) is 0 Å². The van der Waals surface area contributed by atoms with Gasteiger partial charge < -0.3 is 15.0 Å². The second kappa shape index (κ2) is 9.51. The fourth-order valence-corrected chi connectivity index (χ4v) is 3.61. The highest BCUT2D eigenvalue weighted by Crippen LogP contribution is 2.32. The number of hydrogen-bond donors (Lipinski definition) is 1. The first-order valence-electron chi connectivity index (χ1n) is 9.20. The van der Waals surface area contributed by atoms with Gasteiger partial charge in [-0.25, -0.2) is 4.79 Å². The van der Waals surface area contributed by atoms with E-state index < -0.39 is 28.3 Å². The van der Waals surface area contributed by atoms with Crippen LogP contribution in [-0.4, -0.2) is 41.4 Å². The number of halogens is 1. The topological polar surface area (TPSA) is 145 Å². The Morgan fingerprint density at radius 3 is 2.39 bits per heavy atom. The molecule has 0 saturated carbocycles. The first kappa shape index (κ1) is 22.2. The van der Waals surface area contributed by atoms with Crippen LogP contribution in [0.15, 0.2) is 40.9 Å². The van der Waals surface area contributed by atoms with Gasteiger partial charge in [-0.15, -0.1) is 0 Å². The Morgan fingerprint density at radius 1 is 1.06 bits per heavy atom. The molecule has 3 rings (SSSR count). The van der Waals surface area contributed by atoms with Crippen molar-refractivity contribution in [1.82, 2.24) is 0 Å². The Balaban J connectivity index is 1.63. The van der Waals surface area contributed by atoms with Gasteiger partial charge in [-0.3, -0.25) is 25.0 Å². The van der Waals surface area contributed by atoms with Gasteiger partial charge in [0, 0.05) is 35.8 Å². The van der Waals surface area contributed by atoms with Gasteiger partial charge in [-0.05, 0) is 47.0 Å². The molecule has 1 aliphatic heterocycles. The Bertz CT molecular complexity index is 1050. The molecule has 1 heterocycles. The number of esters is 1. The van der Waals surface area contributed by atoms with Crippen molar-refractivity contribution in [3.05, 3.63) is 66.7 Å². The van der Waals surface area contributed by atoms with E-state index in [0.717, 1.165) is 18.9 Å². The Hall–Kier alpha value is -3.54. The van der Waals surface area contributed by atoms with Crippen molar-refractivity contribution in [2.75, 3.05) is 29.9 Å². The number of nitro groups is 2. The molecule has 0 aliphatic carbocycles. The van der Waals surface area contributed by atoms with Crippen LogP contribution in [0.1, 0.15) is 23.2 Å². The average molecular weight is 493 g/mol. The number of carbonyl (C=O) groups excluding carboxylic acids is 2. The van der Waals surface area contributed by atoms with E-state index in [4.69, 9.17) is 4.74 Å². The van der Waals surface area contributed by atoms with Crippen LogP contribution in [0.25, 0.3) is 0 Å². The van der Waals surface area contributed by atoms with Crippen molar-refractivity contribution < 1.29 is 24.2 Å². The SMILES string of the molecule is O=C(COC(=O)c1ccc(N2CCCC2)c([N+](=O)[O-])c1)Nc1ccc([N+](=O)[O-])cc1Br. The number of amides is 1. The summed E-state index contributed by atoms with van der Waals surface area (Å²) in [6, 6.07) is 7.85. The van der Waals surface area contributed by atoms with Crippen LogP contribution in [-0.2, 0) is 9.53 Å². The maximum atomic E-state index is 12.3. The summed E-state index contributed by atoms with van der Waals surface area (Å²) in [5, 5.41) is 24.7. The smallest absolute Gasteiger partial charge is 0.338 e. The Labute approximate surface area is 184 Å². The van der Waals surface area contributed by atoms with Crippen molar-refractivity contribution in [1.29, 1.82) is 0 Å². The van der Waals surface area contributed by atoms with Crippen LogP contribution in [0.5, 0.6) is 0 Å². The van der Waals surface area contributed by atoms with Crippen LogP contribution in [0.2, 0.25) is 0 Å². The van der Waals surface area contributed by atoms with E-state index in [9.17, 15) is 29.8 Å². The van der Waals surface area contributed by atoms with Gasteiger partial charge in [0.1, 0.15) is 5.69 Å². The quantitative estimate of drug-likeness (QED) is 0.350. The molecule has 1 amide bonds. The molecule has 0 radical (unpaired) electrons. The second-order valence-corrected chi connectivity index (χ2v) is 7.55. The molecule has 162 valence electrons. The second-order valence-electron chi connectivity index (χ2n) is 6.70. The summed E-state index contributed by atoms with van der Waals surface area (Å²) >= 11 is 3.12. The molecule has 2 aromatic rings. The van der Waals surface area contributed by atoms with E-state index in [-0.39, 0.29) is 27.1 Å². The summed E-state index contributed by atoms with van der Waals surface area (Å²) in [6.45, 7) is 0.788. The number of ether oxygens (including phenoxy) is 1. The number of nitrogens with one attached hydrogen (secondary N) is 1. The van der Waals surface area contributed by atoms with E-state index in [1.807, 2.05) is 4.90 Å². The van der Waals surface area contributed by atoms with Crippen molar-refractivity contribution in [2.24, 2.45) is 0 Å². The molecule has 0 aromatic heterocycles. The van der Waals surface area contributed by atoms with E-state index in [2.05, 4.69) is 21.2 Å². The molecule has 1 aliphatic rings. The molecule has 1 saturated heterocycles. The van der Waals surface area contributed by atoms with Crippen LogP contribution in [0.4, 0.5) is 22.7 Å². The lowest BCUT2D eigenvalue weighted by molar-refractivity contribution is -0.384. The molecule has 0 spiro atoms. The van der Waals surface area contributed by atoms with Crippen molar-refractivity contribution in [2.45, 2.75) is 12.8 Å². The van der Waals surface area contributed by atoms with E-state index in [0.29, 0.717) is 18.8 Å². The van der Waals surface area contributed by atoms with Gasteiger partial charge in [0.2, 0.25) is 0 Å². The summed E-state index contributed by atoms with van der Waals surface area (Å²) in [4.78, 5) is 47.3. The fraction of sp³-hybridized carbons (Fsp3) is 0.263. The zero-order valence-electron chi connectivity index (χ0n) is 16.1. The highest BCUT2D eigenvalue weighted by atomic mass is 79.9. The number of nitro benzene ring substituents is 2. The zero-order chi connectivity index (χ0) is 22.5. The largest absolute Gasteiger partial charge is 0.452 e. The van der Waals surface area contributed by atoms with Gasteiger partial charge in [0.15, 0.2) is 6.61 Å². The third-order valence-corrected chi connectivity index (χ3v) is 5.28. The Kier molecular flexibility index (Phi) is 6.80. The normalized spacial score (nSPS) is 13.0. The van der Waals surface area contributed by atoms with Crippen molar-refractivity contribution in [3.8, 4) is 0 Å². The van der Waals surface area contributed by atoms with Crippen molar-refractivity contribution in [3.63, 3.8) is 0 Å². The number of nitrogens with zero attached hydrogens (tertiary/aromatic N) is 3. The lowest BCUT2D eigenvalue weighted by Gasteiger charge is -2.17. The maximum Gasteiger partial charge on any atom is 0.338 e. The molecular weight excluding hydrogens is 476 g/mol. The van der Waals surface area contributed by atoms with Gasteiger partial charge in [0.25, 0.3) is 17.3 Å². The average Bonchev–Trinajstić information content (AvgIpc) is 3.27. The summed E-state index contributed by atoms with van der Waals surface area (Å²) < 4.78 is 5.24. The van der Waals surface area contributed by atoms with Gasteiger partial charge in [-0.1, -0.05) is 0 Å². The molecule has 12 heteroatoms. The van der Waals surface area contributed by atoms with E-state index >= 15 is 0 Å². The molecule has 11 nitrogen and oxygen atoms in total. The molecule has 2 aromatic carbocycles. The highest BCUT2D eigenvalue weighted by Gasteiger charge is 2.24. The molecule has 1 N–H and O–H groups in total. The number of rotatable bonds is 7. The van der Waals surface area contributed by atoms with Crippen LogP contribution >= 0.6 is 15.9 Å². The van der Waals surface area contributed by atoms with Crippen LogP contribution < -0.4 is 10.2 Å². The minimum absolute atomic E-state index is 0.0426. The molecule has 1 fully saturated rings. The molecule has 31 heavy (non-hydrogen) atoms. The Morgan fingerprint density at radius 2 is 1.77 bits per heavy atom. The van der Waals surface area contributed by atoms with Gasteiger partial charge in [-0.2, -0.15) is 0 Å². The monoisotopic (exact) mass is 492 g/mol. The predicted octanol–water partition coefficient (Wildman–Crippen LogP) is 3.66. The van der Waals surface area contributed by atoms with E-state index in [1.54, 1.807) is 0 Å². The minimum atomic E-state index is -0.881. The fourth-order valence-electron chi connectivity index (χ4n) is 3.14. The summed E-state index contributed by atoms with van der Waals surface area (Å²) in [5.41, 5.74) is 0.307. The summed E-state index contributed by atoms with van der Waals surface area (Å²) in [5.74, 6) is -1.56. The van der Waals surface area contributed by atoms with Gasteiger partial charge in [0.05, 0.1) is 21.1 Å². The summed E-state index contributed by atoms with van der Waals surface area (Å²) in [7, 11) is 0. The van der Waals surface area contributed by atoms with Gasteiger partial charge >= 0.3 is 5.97 Å². The standard InChI is InChI=1S/C19H17BrN4O7/c20-14-10-13(23(27)28)4-5-15(14)21-18(25)11-31-19(26)12-3-6-16(17(9-12)24(29)30)22-7-1-2-8-22/h3-6,9-10H,1-2,7-8,11H2,(H,21,25). The first-order chi connectivity index (χ1) is 14.8. The highest BCUT2D eigenvalue weighted by molar-refractivity contribution is 9.10. The zero-order valence-corrected chi connectivity index (χ0v) is 17.7. The van der Waals surface area contributed by atoms with Crippen molar-refractivity contribution >= 4 is 50.6 Å². The molecule has 0 atom stereocenters. The number of hydrogen-bond acceptors (Lipinski definition) is 8. The summed E-state index contributed by atoms with van der Waals surface area (Å²) in [6.07, 6.45) is 1.89. The van der Waals surface area contributed by atoms with Crippen LogP contribution in [0, 0.1) is 20.2 Å². The molecule has 0 unspecified atom stereocenters. The first-order valence-corrected chi connectivity index (χ1v) is 10.00. The number of carbonyl (C=O) groups is 2. The third-order valence-electron chi connectivity index (χ3n) is 4.63. The maximum absolute atomic E-state index is 12.3. The minimum Gasteiger partial charge on any atom is -0.452 e. The molecule has 0 bridgehead atoms. The predicted molar refractivity (Wildman–Crippen MR) is 114 cm³/mol. The lowest BCUT2D eigenvalue weighted by atomic mass is 10.1. The number of benzene rings is 2. The molecular formula is C19H17BrN4O7. The number of anilines is 2. The van der Waals surface area contributed by atoms with E-state index in [1.165, 1.54) is 30.3 Å². The lowest BCUT2D eigenvalue weighted by Crippen LogP contribution is -2.22. The number of non-ortho nitro benzene ring substituents is 1. The third kappa shape index (κ3) is 5.34.